The van der Waals surface area contributed by atoms with Crippen LogP contribution in [0, 0.1) is 17.2 Å². The summed E-state index contributed by atoms with van der Waals surface area (Å²) >= 11 is 0. The molecule has 0 saturated heterocycles. The van der Waals surface area contributed by atoms with Gasteiger partial charge in [0.15, 0.2) is 0 Å². The molecule has 6 heteroatoms. The summed E-state index contributed by atoms with van der Waals surface area (Å²) in [6.45, 7) is -1.16. The van der Waals surface area contributed by atoms with Gasteiger partial charge in [0.05, 0.1) is 6.07 Å². The number of halogens is 3. The van der Waals surface area contributed by atoms with E-state index in [0.29, 0.717) is 6.42 Å². The Kier molecular flexibility index (Phi) is 4.78. The molecule has 2 atom stereocenters. The van der Waals surface area contributed by atoms with Gasteiger partial charge in [-0.15, -0.1) is 0 Å². The van der Waals surface area contributed by atoms with Crippen molar-refractivity contribution >= 4 is 0 Å². The van der Waals surface area contributed by atoms with Gasteiger partial charge in [0, 0.05) is 6.61 Å². The maximum atomic E-state index is 11.9. The predicted molar refractivity (Wildman–Crippen MR) is 56.2 cm³/mol. The van der Waals surface area contributed by atoms with E-state index in [1.54, 1.807) is 7.05 Å². The van der Waals surface area contributed by atoms with Crippen LogP contribution in [0.3, 0.4) is 0 Å². The summed E-state index contributed by atoms with van der Waals surface area (Å²) in [6, 6.07) is 2.25. The highest BCUT2D eigenvalue weighted by atomic mass is 19.4. The fourth-order valence-electron chi connectivity index (χ4n) is 2.41. The highest BCUT2D eigenvalue weighted by Gasteiger charge is 2.41. The number of alkyl halides is 3. The van der Waals surface area contributed by atoms with Gasteiger partial charge in [-0.2, -0.15) is 18.4 Å². The van der Waals surface area contributed by atoms with Crippen molar-refractivity contribution in [3.05, 3.63) is 0 Å². The number of hydrogen-bond donors (Lipinski definition) is 1. The summed E-state index contributed by atoms with van der Waals surface area (Å²) in [5.41, 5.74) is -0.582. The number of hydrogen-bond acceptors (Lipinski definition) is 3. The van der Waals surface area contributed by atoms with Crippen LogP contribution < -0.4 is 5.32 Å². The fraction of sp³-hybridized carbons (Fsp3) is 0.909. The topological polar surface area (TPSA) is 45.0 Å². The van der Waals surface area contributed by atoms with Crippen molar-refractivity contribution < 1.29 is 17.9 Å². The molecule has 1 saturated carbocycles. The molecule has 1 aliphatic rings. The third kappa shape index (κ3) is 3.86. The second kappa shape index (κ2) is 5.69. The van der Waals surface area contributed by atoms with Gasteiger partial charge in [0.25, 0.3) is 0 Å². The Bertz CT molecular complexity index is 287. The Morgan fingerprint density at radius 2 is 2.24 bits per heavy atom. The zero-order valence-electron chi connectivity index (χ0n) is 9.81. The van der Waals surface area contributed by atoms with Crippen LogP contribution in [0.25, 0.3) is 0 Å². The fourth-order valence-corrected chi connectivity index (χ4v) is 2.41. The third-order valence-corrected chi connectivity index (χ3v) is 3.34. The van der Waals surface area contributed by atoms with E-state index in [9.17, 15) is 13.2 Å². The zero-order valence-corrected chi connectivity index (χ0v) is 9.81. The molecule has 0 aliphatic heterocycles. The van der Waals surface area contributed by atoms with Gasteiger partial charge in [-0.1, -0.05) is 6.42 Å². The van der Waals surface area contributed by atoms with Crippen molar-refractivity contribution in [1.29, 1.82) is 5.26 Å². The first kappa shape index (κ1) is 14.3. The molecular formula is C11H17F3N2O. The largest absolute Gasteiger partial charge is 0.411 e. The van der Waals surface area contributed by atoms with E-state index in [1.165, 1.54) is 0 Å². The number of ether oxygens (including phenoxy) is 1. The van der Waals surface area contributed by atoms with E-state index >= 15 is 0 Å². The van der Waals surface area contributed by atoms with Crippen LogP contribution in [0.1, 0.15) is 25.7 Å². The molecule has 1 N–H and O–H groups in total. The van der Waals surface area contributed by atoms with Gasteiger partial charge in [0.2, 0.25) is 0 Å². The molecule has 98 valence electrons. The van der Waals surface area contributed by atoms with Gasteiger partial charge in [-0.25, -0.2) is 0 Å². The lowest BCUT2D eigenvalue weighted by Gasteiger charge is -2.28. The van der Waals surface area contributed by atoms with Crippen LogP contribution in [0.2, 0.25) is 0 Å². The van der Waals surface area contributed by atoms with Crippen LogP contribution in [0.4, 0.5) is 13.2 Å². The van der Waals surface area contributed by atoms with E-state index in [-0.39, 0.29) is 12.5 Å². The first-order chi connectivity index (χ1) is 7.93. The lowest BCUT2D eigenvalue weighted by Crippen LogP contribution is -2.45. The summed E-state index contributed by atoms with van der Waals surface area (Å²) in [5, 5.41) is 12.1. The van der Waals surface area contributed by atoms with Gasteiger partial charge in [0.1, 0.15) is 12.1 Å². The van der Waals surface area contributed by atoms with Crippen molar-refractivity contribution in [1.82, 2.24) is 5.32 Å². The Balaban J connectivity index is 2.34. The number of nitriles is 1. The smallest absolute Gasteiger partial charge is 0.372 e. The quantitative estimate of drug-likeness (QED) is 0.761. The van der Waals surface area contributed by atoms with Crippen LogP contribution in [0.15, 0.2) is 0 Å². The van der Waals surface area contributed by atoms with Crippen LogP contribution in [0.5, 0.6) is 0 Å². The molecule has 0 bridgehead atoms. The summed E-state index contributed by atoms with van der Waals surface area (Å²) in [6.07, 6.45) is -1.23. The van der Waals surface area contributed by atoms with Crippen molar-refractivity contribution in [2.24, 2.45) is 5.92 Å². The highest BCUT2D eigenvalue weighted by molar-refractivity contribution is 5.13. The third-order valence-electron chi connectivity index (χ3n) is 3.34. The Morgan fingerprint density at radius 3 is 2.76 bits per heavy atom. The van der Waals surface area contributed by atoms with Gasteiger partial charge >= 0.3 is 6.18 Å². The number of nitrogens with one attached hydrogen (secondary N) is 1. The molecule has 2 unspecified atom stereocenters. The molecule has 0 aromatic rings. The van der Waals surface area contributed by atoms with Crippen molar-refractivity contribution in [3.8, 4) is 6.07 Å². The Hall–Kier alpha value is -0.800. The minimum absolute atomic E-state index is 0.0509. The SMILES string of the molecule is CNC1(C#N)CCCC1CCOCC(F)(F)F. The van der Waals surface area contributed by atoms with Gasteiger partial charge in [-0.3, -0.25) is 0 Å². The minimum atomic E-state index is -4.27. The summed E-state index contributed by atoms with van der Waals surface area (Å²) in [7, 11) is 1.72. The molecule has 0 spiro atoms. The molecule has 0 heterocycles. The molecular weight excluding hydrogens is 233 g/mol. The standard InChI is InChI=1S/C11H17F3N2O/c1-16-10(7-15)5-2-3-9(10)4-6-17-8-11(12,13)14/h9,16H,2-6,8H2,1H3. The summed E-state index contributed by atoms with van der Waals surface area (Å²) in [5.74, 6) is 0.0748. The van der Waals surface area contributed by atoms with E-state index in [1.807, 2.05) is 0 Å². The van der Waals surface area contributed by atoms with Gasteiger partial charge < -0.3 is 10.1 Å². The van der Waals surface area contributed by atoms with Crippen molar-refractivity contribution in [2.75, 3.05) is 20.3 Å². The molecule has 0 aromatic heterocycles. The molecule has 1 aliphatic carbocycles. The monoisotopic (exact) mass is 250 g/mol. The van der Waals surface area contributed by atoms with E-state index in [0.717, 1.165) is 19.3 Å². The Labute approximate surface area is 98.9 Å². The van der Waals surface area contributed by atoms with E-state index in [2.05, 4.69) is 16.1 Å². The average molecular weight is 250 g/mol. The van der Waals surface area contributed by atoms with Crippen LogP contribution in [-0.2, 0) is 4.74 Å². The summed E-state index contributed by atoms with van der Waals surface area (Å²) < 4.78 is 40.1. The Morgan fingerprint density at radius 1 is 1.53 bits per heavy atom. The average Bonchev–Trinajstić information content (AvgIpc) is 2.67. The second-order valence-corrected chi connectivity index (χ2v) is 4.38. The molecule has 1 fully saturated rings. The van der Waals surface area contributed by atoms with E-state index in [4.69, 9.17) is 5.26 Å². The summed E-state index contributed by atoms with van der Waals surface area (Å²) in [4.78, 5) is 0. The normalized spacial score (nSPS) is 29.2. The molecule has 0 amide bonds. The minimum Gasteiger partial charge on any atom is -0.372 e. The van der Waals surface area contributed by atoms with Crippen LogP contribution >= 0.6 is 0 Å². The molecule has 1 rings (SSSR count). The maximum absolute atomic E-state index is 11.9. The van der Waals surface area contributed by atoms with Gasteiger partial charge in [-0.05, 0) is 32.2 Å². The van der Waals surface area contributed by atoms with E-state index < -0.39 is 18.3 Å². The highest BCUT2D eigenvalue weighted by Crippen LogP contribution is 2.37. The second-order valence-electron chi connectivity index (χ2n) is 4.38. The lowest BCUT2D eigenvalue weighted by atomic mass is 9.86. The van der Waals surface area contributed by atoms with Crippen LogP contribution in [-0.4, -0.2) is 32.0 Å². The lowest BCUT2D eigenvalue weighted by molar-refractivity contribution is -0.174. The maximum Gasteiger partial charge on any atom is 0.411 e. The van der Waals surface area contributed by atoms with Crippen molar-refractivity contribution in [3.63, 3.8) is 0 Å². The molecule has 0 radical (unpaired) electrons. The first-order valence-electron chi connectivity index (χ1n) is 5.68. The molecule has 3 nitrogen and oxygen atoms in total. The molecule has 0 aromatic carbocycles. The number of nitrogens with zero attached hydrogens (tertiary/aromatic N) is 1. The van der Waals surface area contributed by atoms with Crippen molar-refractivity contribution in [2.45, 2.75) is 37.4 Å². The first-order valence-corrected chi connectivity index (χ1v) is 5.68. The number of rotatable bonds is 5. The molecule has 17 heavy (non-hydrogen) atoms. The predicted octanol–water partition coefficient (Wildman–Crippen LogP) is 2.24. The zero-order chi connectivity index (χ0) is 12.9.